The van der Waals surface area contributed by atoms with E-state index in [1.54, 1.807) is 0 Å². The van der Waals surface area contributed by atoms with Crippen LogP contribution in [0.15, 0.2) is 12.3 Å². The van der Waals surface area contributed by atoms with Gasteiger partial charge in [-0.3, -0.25) is 14.2 Å². The lowest BCUT2D eigenvalue weighted by Gasteiger charge is -2.07. The third kappa shape index (κ3) is 4.32. The van der Waals surface area contributed by atoms with Crippen LogP contribution < -0.4 is 5.32 Å². The lowest BCUT2D eigenvalue weighted by Crippen LogP contribution is -2.29. The van der Waals surface area contributed by atoms with Gasteiger partial charge < -0.3 is 10.4 Å². The van der Waals surface area contributed by atoms with Crippen LogP contribution in [0.3, 0.4) is 0 Å². The van der Waals surface area contributed by atoms with Gasteiger partial charge in [-0.2, -0.15) is 10.2 Å². The smallest absolute Gasteiger partial charge is 0.356 e. The number of carboxylic acid groups (broad SMARTS) is 1. The fourth-order valence-corrected chi connectivity index (χ4v) is 2.25. The molecule has 0 radical (unpaired) electrons. The molecule has 2 N–H and O–H groups in total. The number of rotatable bonds is 7. The third-order valence-corrected chi connectivity index (χ3v) is 3.87. The van der Waals surface area contributed by atoms with Crippen molar-refractivity contribution >= 4 is 23.5 Å². The molecule has 0 saturated heterocycles. The van der Waals surface area contributed by atoms with Gasteiger partial charge in [-0.05, 0) is 26.3 Å². The Balaban J connectivity index is 1.74. The summed E-state index contributed by atoms with van der Waals surface area (Å²) < 4.78 is 3.11. The van der Waals surface area contributed by atoms with Crippen LogP contribution in [0.5, 0.6) is 0 Å². The van der Waals surface area contributed by atoms with Crippen molar-refractivity contribution in [1.82, 2.24) is 24.9 Å². The van der Waals surface area contributed by atoms with Crippen LogP contribution in [0.2, 0.25) is 5.02 Å². The van der Waals surface area contributed by atoms with Gasteiger partial charge in [0.2, 0.25) is 5.91 Å². The second kappa shape index (κ2) is 7.28. The van der Waals surface area contributed by atoms with Crippen LogP contribution in [0.1, 0.15) is 28.3 Å². The van der Waals surface area contributed by atoms with E-state index < -0.39 is 5.97 Å². The maximum atomic E-state index is 11.8. The number of hydrogen-bond acceptors (Lipinski definition) is 4. The van der Waals surface area contributed by atoms with Crippen molar-refractivity contribution in [2.75, 3.05) is 6.54 Å². The molecule has 2 heterocycles. The molecule has 0 aliphatic carbocycles. The van der Waals surface area contributed by atoms with Crippen molar-refractivity contribution in [3.63, 3.8) is 0 Å². The highest BCUT2D eigenvalue weighted by atomic mass is 35.5. The Morgan fingerprint density at radius 3 is 2.65 bits per heavy atom. The monoisotopic (exact) mass is 339 g/mol. The Morgan fingerprint density at radius 1 is 1.35 bits per heavy atom. The second-order valence-corrected chi connectivity index (χ2v) is 5.49. The van der Waals surface area contributed by atoms with Gasteiger partial charge in [0, 0.05) is 19.3 Å². The van der Waals surface area contributed by atoms with Gasteiger partial charge in [0.1, 0.15) is 6.54 Å². The highest BCUT2D eigenvalue weighted by Gasteiger charge is 2.10. The van der Waals surface area contributed by atoms with Crippen LogP contribution in [0.4, 0.5) is 0 Å². The fourth-order valence-electron chi connectivity index (χ4n) is 2.12. The number of amides is 1. The van der Waals surface area contributed by atoms with Crippen LogP contribution in [-0.2, 0) is 17.9 Å². The zero-order valence-electron chi connectivity index (χ0n) is 12.9. The normalized spacial score (nSPS) is 10.7. The van der Waals surface area contributed by atoms with E-state index in [4.69, 9.17) is 16.7 Å². The van der Waals surface area contributed by atoms with E-state index in [-0.39, 0.29) is 18.1 Å². The van der Waals surface area contributed by atoms with Crippen LogP contribution in [0, 0.1) is 13.8 Å². The molecule has 9 heteroatoms. The zero-order chi connectivity index (χ0) is 17.0. The van der Waals surface area contributed by atoms with E-state index in [0.717, 1.165) is 11.4 Å². The van der Waals surface area contributed by atoms with Crippen LogP contribution >= 0.6 is 11.6 Å². The molecule has 0 saturated carbocycles. The summed E-state index contributed by atoms with van der Waals surface area (Å²) in [6.07, 6.45) is 2.17. The minimum Gasteiger partial charge on any atom is -0.476 e. The van der Waals surface area contributed by atoms with E-state index in [2.05, 4.69) is 15.5 Å². The molecule has 2 aromatic heterocycles. The Morgan fingerprint density at radius 2 is 2.09 bits per heavy atom. The summed E-state index contributed by atoms with van der Waals surface area (Å²) in [5.41, 5.74) is 1.62. The van der Waals surface area contributed by atoms with Gasteiger partial charge in [0.05, 0.1) is 16.4 Å². The van der Waals surface area contributed by atoms with Gasteiger partial charge >= 0.3 is 5.97 Å². The molecule has 23 heavy (non-hydrogen) atoms. The topological polar surface area (TPSA) is 102 Å². The van der Waals surface area contributed by atoms with Crippen LogP contribution in [-0.4, -0.2) is 43.1 Å². The third-order valence-electron chi connectivity index (χ3n) is 3.33. The molecule has 0 aliphatic heterocycles. The van der Waals surface area contributed by atoms with Gasteiger partial charge in [0.15, 0.2) is 5.69 Å². The number of hydrogen-bond donors (Lipinski definition) is 2. The average Bonchev–Trinajstić information content (AvgIpc) is 3.05. The Hall–Kier alpha value is -2.35. The molecule has 0 fully saturated rings. The van der Waals surface area contributed by atoms with Gasteiger partial charge in [-0.1, -0.05) is 11.6 Å². The lowest BCUT2D eigenvalue weighted by molar-refractivity contribution is -0.121. The maximum absolute atomic E-state index is 11.8. The Bertz CT molecular complexity index is 722. The summed E-state index contributed by atoms with van der Waals surface area (Å²) in [6, 6.07) is 1.35. The standard InChI is InChI=1S/C14H18ClN5O3/c1-9-13(15)10(2)20(17-9)6-3-5-16-12(21)8-19-7-4-11(18-19)14(22)23/h4,7H,3,5-6,8H2,1-2H3,(H,16,21)(H,22,23). The lowest BCUT2D eigenvalue weighted by atomic mass is 10.3. The molecular formula is C14H18ClN5O3. The summed E-state index contributed by atoms with van der Waals surface area (Å²) >= 11 is 6.07. The number of nitrogens with zero attached hydrogens (tertiary/aromatic N) is 4. The highest BCUT2D eigenvalue weighted by Crippen LogP contribution is 2.18. The van der Waals surface area contributed by atoms with E-state index in [0.29, 0.717) is 24.5 Å². The Kier molecular flexibility index (Phi) is 5.38. The molecule has 2 aromatic rings. The molecule has 0 bridgehead atoms. The number of nitrogens with one attached hydrogen (secondary N) is 1. The number of aryl methyl sites for hydroxylation is 2. The summed E-state index contributed by atoms with van der Waals surface area (Å²) in [6.45, 7) is 4.88. The Labute approximate surface area is 138 Å². The predicted molar refractivity (Wildman–Crippen MR) is 83.5 cm³/mol. The first kappa shape index (κ1) is 17.0. The predicted octanol–water partition coefficient (Wildman–Crippen LogP) is 1.25. The number of carbonyl (C=O) groups excluding carboxylic acids is 1. The van der Waals surface area contributed by atoms with E-state index in [1.165, 1.54) is 16.9 Å². The molecular weight excluding hydrogens is 322 g/mol. The number of aromatic carboxylic acids is 1. The largest absolute Gasteiger partial charge is 0.476 e. The number of carboxylic acids is 1. The van der Waals surface area contributed by atoms with Crippen molar-refractivity contribution in [2.24, 2.45) is 0 Å². The van der Waals surface area contributed by atoms with E-state index in [9.17, 15) is 9.59 Å². The molecule has 0 spiro atoms. The SMILES string of the molecule is Cc1nn(CCCNC(=O)Cn2ccc(C(=O)O)n2)c(C)c1Cl. The molecule has 1 amide bonds. The maximum Gasteiger partial charge on any atom is 0.356 e. The molecule has 0 atom stereocenters. The first-order chi connectivity index (χ1) is 10.9. The van der Waals surface area contributed by atoms with Gasteiger partial charge in [-0.25, -0.2) is 4.79 Å². The first-order valence-electron chi connectivity index (χ1n) is 7.11. The zero-order valence-corrected chi connectivity index (χ0v) is 13.7. The molecule has 8 nitrogen and oxygen atoms in total. The van der Waals surface area contributed by atoms with Crippen molar-refractivity contribution in [1.29, 1.82) is 0 Å². The number of aromatic nitrogens is 4. The minimum atomic E-state index is -1.12. The summed E-state index contributed by atoms with van der Waals surface area (Å²) in [5, 5.41) is 20.3. The number of halogens is 1. The number of carbonyl (C=O) groups is 2. The van der Waals surface area contributed by atoms with Crippen molar-refractivity contribution in [3.05, 3.63) is 34.4 Å². The molecule has 124 valence electrons. The van der Waals surface area contributed by atoms with Gasteiger partial charge in [-0.15, -0.1) is 0 Å². The summed E-state index contributed by atoms with van der Waals surface area (Å²) in [5.74, 6) is -1.34. The quantitative estimate of drug-likeness (QED) is 0.739. The molecule has 0 aliphatic rings. The molecule has 2 rings (SSSR count). The fraction of sp³-hybridized carbons (Fsp3) is 0.429. The van der Waals surface area contributed by atoms with E-state index >= 15 is 0 Å². The van der Waals surface area contributed by atoms with Crippen molar-refractivity contribution < 1.29 is 14.7 Å². The second-order valence-electron chi connectivity index (χ2n) is 5.12. The highest BCUT2D eigenvalue weighted by molar-refractivity contribution is 6.31. The van der Waals surface area contributed by atoms with Crippen molar-refractivity contribution in [3.8, 4) is 0 Å². The van der Waals surface area contributed by atoms with Crippen molar-refractivity contribution in [2.45, 2.75) is 33.4 Å². The first-order valence-corrected chi connectivity index (χ1v) is 7.49. The molecule has 0 aromatic carbocycles. The van der Waals surface area contributed by atoms with Crippen LogP contribution in [0.25, 0.3) is 0 Å². The summed E-state index contributed by atoms with van der Waals surface area (Å²) in [4.78, 5) is 22.5. The van der Waals surface area contributed by atoms with Gasteiger partial charge in [0.25, 0.3) is 0 Å². The summed E-state index contributed by atoms with van der Waals surface area (Å²) in [7, 11) is 0. The average molecular weight is 340 g/mol. The van der Waals surface area contributed by atoms with E-state index in [1.807, 2.05) is 18.5 Å². The minimum absolute atomic E-state index is 0.0149. The molecule has 0 unspecified atom stereocenters.